The highest BCUT2D eigenvalue weighted by molar-refractivity contribution is 7.99. The van der Waals surface area contributed by atoms with Crippen molar-refractivity contribution in [1.29, 1.82) is 0 Å². The molecule has 9 heteroatoms. The van der Waals surface area contributed by atoms with Crippen LogP contribution < -0.4 is 5.32 Å². The molecule has 3 aromatic carbocycles. The number of aliphatic hydroxyl groups is 2. The van der Waals surface area contributed by atoms with Gasteiger partial charge in [0.15, 0.2) is 12.4 Å². The van der Waals surface area contributed by atoms with Gasteiger partial charge < -0.3 is 29.7 Å². The Morgan fingerprint density at radius 2 is 1.67 bits per heavy atom. The van der Waals surface area contributed by atoms with Gasteiger partial charge >= 0.3 is 5.97 Å². The Kier molecular flexibility index (Phi) is 11.6. The van der Waals surface area contributed by atoms with Crippen LogP contribution in [0.5, 0.6) is 0 Å². The second kappa shape index (κ2) is 15.3. The normalized spacial score (nSPS) is 21.0. The third kappa shape index (κ3) is 8.20. The van der Waals surface area contributed by atoms with Gasteiger partial charge in [0.25, 0.3) is 5.91 Å². The van der Waals surface area contributed by atoms with Gasteiger partial charge in [0.1, 0.15) is 0 Å². The topological polar surface area (TPSA) is 114 Å². The smallest absolute Gasteiger partial charge is 0.303 e. The highest BCUT2D eigenvalue weighted by Gasteiger charge is 2.38. The van der Waals surface area contributed by atoms with Crippen molar-refractivity contribution in [3.05, 3.63) is 95.1 Å². The first-order valence-corrected chi connectivity index (χ1v) is 15.3. The number of benzene rings is 3. The second-order valence-electron chi connectivity index (χ2n) is 10.4. The summed E-state index contributed by atoms with van der Waals surface area (Å²) in [4.78, 5) is 23.6. The third-order valence-corrected chi connectivity index (χ3v) is 8.35. The summed E-state index contributed by atoms with van der Waals surface area (Å²) in [5, 5.41) is 21.6. The summed E-state index contributed by atoms with van der Waals surface area (Å²) in [6.45, 7) is 5.34. The number of hydrogen-bond donors (Lipinski definition) is 3. The van der Waals surface area contributed by atoms with Crippen molar-refractivity contribution in [3.63, 3.8) is 0 Å². The Balaban J connectivity index is 1.52. The maximum absolute atomic E-state index is 12.4. The lowest BCUT2D eigenvalue weighted by Gasteiger charge is -2.41. The van der Waals surface area contributed by atoms with Crippen molar-refractivity contribution >= 4 is 23.6 Å². The van der Waals surface area contributed by atoms with Gasteiger partial charge in [0.2, 0.25) is 0 Å². The van der Waals surface area contributed by atoms with Crippen LogP contribution in [-0.4, -0.2) is 52.4 Å². The van der Waals surface area contributed by atoms with Crippen molar-refractivity contribution in [2.24, 2.45) is 5.92 Å². The quantitative estimate of drug-likeness (QED) is 0.200. The molecule has 3 N–H and O–H groups in total. The zero-order chi connectivity index (χ0) is 30.1. The summed E-state index contributed by atoms with van der Waals surface area (Å²) < 4.78 is 18.0. The van der Waals surface area contributed by atoms with E-state index in [0.29, 0.717) is 12.3 Å². The summed E-state index contributed by atoms with van der Waals surface area (Å²) in [7, 11) is 0. The Morgan fingerprint density at radius 3 is 2.33 bits per heavy atom. The van der Waals surface area contributed by atoms with E-state index in [2.05, 4.69) is 12.2 Å². The van der Waals surface area contributed by atoms with Crippen LogP contribution >= 0.6 is 11.8 Å². The molecule has 1 fully saturated rings. The van der Waals surface area contributed by atoms with Crippen LogP contribution in [0.4, 0.5) is 0 Å². The second-order valence-corrected chi connectivity index (χ2v) is 11.5. The number of amides is 1. The van der Waals surface area contributed by atoms with Crippen molar-refractivity contribution in [2.75, 3.05) is 18.1 Å². The number of aliphatic hydroxyl groups excluding tert-OH is 2. The summed E-state index contributed by atoms with van der Waals surface area (Å²) in [5.41, 5.74) is 5.65. The SMILES string of the molecule is CC(=O)O[C@@H](C)C(=O)NCc1ccccc1-c1ccc([C@@H]2O[C@H](CSCCO)[C@H](C)[C@H](c3ccc(CO)cc3)O2)cc1. The van der Waals surface area contributed by atoms with E-state index in [-0.39, 0.29) is 37.2 Å². The Labute approximate surface area is 251 Å². The summed E-state index contributed by atoms with van der Waals surface area (Å²) in [6.07, 6.45) is -1.72. The van der Waals surface area contributed by atoms with Crippen molar-refractivity contribution < 1.29 is 34.0 Å². The minimum atomic E-state index is -0.866. The molecule has 3 aromatic rings. The van der Waals surface area contributed by atoms with Crippen molar-refractivity contribution in [2.45, 2.75) is 58.5 Å². The van der Waals surface area contributed by atoms with Crippen LogP contribution in [0.25, 0.3) is 11.1 Å². The Hall–Kier alpha value is -3.21. The minimum Gasteiger partial charge on any atom is -0.453 e. The monoisotopic (exact) mass is 593 g/mol. The van der Waals surface area contributed by atoms with E-state index in [4.69, 9.17) is 14.2 Å². The maximum atomic E-state index is 12.4. The fourth-order valence-electron chi connectivity index (χ4n) is 4.98. The molecule has 0 saturated carbocycles. The molecule has 0 radical (unpaired) electrons. The van der Waals surface area contributed by atoms with Gasteiger partial charge in [-0.1, -0.05) is 79.7 Å². The number of nitrogens with one attached hydrogen (secondary N) is 1. The van der Waals surface area contributed by atoms with Crippen LogP contribution in [0, 0.1) is 5.92 Å². The van der Waals surface area contributed by atoms with E-state index in [0.717, 1.165) is 39.1 Å². The molecular weight excluding hydrogens is 554 g/mol. The van der Waals surface area contributed by atoms with Gasteiger partial charge in [-0.2, -0.15) is 11.8 Å². The van der Waals surface area contributed by atoms with Crippen molar-refractivity contribution in [3.8, 4) is 11.1 Å². The van der Waals surface area contributed by atoms with E-state index < -0.39 is 18.4 Å². The van der Waals surface area contributed by atoms with E-state index in [1.54, 1.807) is 18.7 Å². The van der Waals surface area contributed by atoms with Crippen molar-refractivity contribution in [1.82, 2.24) is 5.32 Å². The van der Waals surface area contributed by atoms with Gasteiger partial charge in [-0.05, 0) is 34.7 Å². The highest BCUT2D eigenvalue weighted by Crippen LogP contribution is 2.42. The lowest BCUT2D eigenvalue weighted by atomic mass is 9.91. The summed E-state index contributed by atoms with van der Waals surface area (Å²) in [6, 6.07) is 23.7. The molecule has 1 aliphatic heterocycles. The molecule has 4 rings (SSSR count). The molecule has 0 aromatic heterocycles. The lowest BCUT2D eigenvalue weighted by Crippen LogP contribution is -2.38. The zero-order valence-electron chi connectivity index (χ0n) is 24.2. The summed E-state index contributed by atoms with van der Waals surface area (Å²) in [5.74, 6) is 0.603. The molecule has 0 bridgehead atoms. The molecule has 1 saturated heterocycles. The zero-order valence-corrected chi connectivity index (χ0v) is 25.0. The Bertz CT molecular complexity index is 1310. The number of carbonyl (C=O) groups excluding carboxylic acids is 2. The van der Waals surface area contributed by atoms with E-state index in [9.17, 15) is 19.8 Å². The number of carbonyl (C=O) groups is 2. The lowest BCUT2D eigenvalue weighted by molar-refractivity contribution is -0.268. The molecule has 8 nitrogen and oxygen atoms in total. The first-order valence-electron chi connectivity index (χ1n) is 14.1. The molecule has 224 valence electrons. The fourth-order valence-corrected chi connectivity index (χ4v) is 5.89. The van der Waals surface area contributed by atoms with Crippen LogP contribution in [0.2, 0.25) is 0 Å². The number of hydrogen-bond acceptors (Lipinski definition) is 8. The number of rotatable bonds is 12. The third-order valence-electron chi connectivity index (χ3n) is 7.32. The fraction of sp³-hybridized carbons (Fsp3) is 0.394. The molecule has 1 aliphatic rings. The number of ether oxygens (including phenoxy) is 3. The first-order chi connectivity index (χ1) is 20.3. The van der Waals surface area contributed by atoms with Crippen LogP contribution in [0.15, 0.2) is 72.8 Å². The van der Waals surface area contributed by atoms with Crippen LogP contribution in [0.1, 0.15) is 55.4 Å². The Morgan fingerprint density at radius 1 is 0.976 bits per heavy atom. The molecule has 42 heavy (non-hydrogen) atoms. The predicted octanol–water partition coefficient (Wildman–Crippen LogP) is 4.93. The number of thioether (sulfide) groups is 1. The van der Waals surface area contributed by atoms with E-state index >= 15 is 0 Å². The molecule has 1 amide bonds. The minimum absolute atomic E-state index is 0.0111. The molecule has 0 aliphatic carbocycles. The first kappa shape index (κ1) is 31.7. The molecule has 5 atom stereocenters. The van der Waals surface area contributed by atoms with E-state index in [1.165, 1.54) is 6.92 Å². The van der Waals surface area contributed by atoms with Crippen LogP contribution in [0.3, 0.4) is 0 Å². The van der Waals surface area contributed by atoms with Gasteiger partial charge in [0, 0.05) is 36.5 Å². The van der Waals surface area contributed by atoms with E-state index in [1.807, 2.05) is 72.8 Å². The van der Waals surface area contributed by atoms with Crippen LogP contribution in [-0.2, 0) is 37.0 Å². The largest absolute Gasteiger partial charge is 0.453 e. The van der Waals surface area contributed by atoms with Gasteiger partial charge in [-0.3, -0.25) is 9.59 Å². The number of esters is 1. The average Bonchev–Trinajstić information content (AvgIpc) is 3.00. The predicted molar refractivity (Wildman–Crippen MR) is 162 cm³/mol. The molecule has 0 unspecified atom stereocenters. The van der Waals surface area contributed by atoms with Gasteiger partial charge in [0.05, 0.1) is 25.4 Å². The van der Waals surface area contributed by atoms with Gasteiger partial charge in [-0.15, -0.1) is 0 Å². The summed E-state index contributed by atoms with van der Waals surface area (Å²) >= 11 is 1.66. The maximum Gasteiger partial charge on any atom is 0.303 e. The molecule has 1 heterocycles. The standard InChI is InChI=1S/C33H39NO7S/c1-21-30(20-42-17-16-35)40-33(41-31(21)26-10-8-24(19-36)9-11-26)27-14-12-25(13-15-27)29-7-5-4-6-28(29)18-34-32(38)22(2)39-23(3)37/h4-15,21-22,30-31,33,35-36H,16-20H2,1-3H3,(H,34,38)/t21-,22-,30+,31+,33+/m0/s1. The average molecular weight is 594 g/mol. The highest BCUT2D eigenvalue weighted by atomic mass is 32.2. The van der Waals surface area contributed by atoms with Gasteiger partial charge in [-0.25, -0.2) is 0 Å². The molecular formula is C33H39NO7S. The molecule has 0 spiro atoms.